The Kier molecular flexibility index (Phi) is 3.16. The Hall–Kier alpha value is -0.690. The van der Waals surface area contributed by atoms with Crippen LogP contribution < -0.4 is 0 Å². The van der Waals surface area contributed by atoms with Crippen LogP contribution in [-0.4, -0.2) is 15.5 Å². The second-order valence-corrected chi connectivity index (χ2v) is 4.73. The van der Waals surface area contributed by atoms with E-state index in [9.17, 15) is 13.2 Å². The quantitative estimate of drug-likeness (QED) is 0.669. The highest BCUT2D eigenvalue weighted by Gasteiger charge is 2.30. The summed E-state index contributed by atoms with van der Waals surface area (Å²) in [5, 5.41) is 0.375. The molecule has 0 aliphatic rings. The Morgan fingerprint density at radius 3 is 2.75 bits per heavy atom. The van der Waals surface area contributed by atoms with Crippen molar-refractivity contribution in [1.29, 1.82) is 0 Å². The van der Waals surface area contributed by atoms with Crippen molar-refractivity contribution >= 4 is 38.7 Å². The van der Waals surface area contributed by atoms with Gasteiger partial charge in [0, 0.05) is 10.2 Å². The fourth-order valence-corrected chi connectivity index (χ4v) is 2.66. The third kappa shape index (κ3) is 2.52. The van der Waals surface area contributed by atoms with Crippen molar-refractivity contribution in [2.75, 3.05) is 0 Å². The van der Waals surface area contributed by atoms with Gasteiger partial charge in [-0.1, -0.05) is 15.9 Å². The smallest absolute Gasteiger partial charge is 0.345 e. The molecule has 0 bridgehead atoms. The highest BCUT2D eigenvalue weighted by Crippen LogP contribution is 2.40. The van der Waals surface area contributed by atoms with Crippen LogP contribution in [0.5, 0.6) is 0 Å². The molecule has 0 aliphatic carbocycles. The summed E-state index contributed by atoms with van der Waals surface area (Å²) in [4.78, 5) is 6.98. The maximum Gasteiger partial charge on any atom is 0.446 e. The summed E-state index contributed by atoms with van der Waals surface area (Å²) in [6.07, 6.45) is 1.46. The first kappa shape index (κ1) is 11.8. The van der Waals surface area contributed by atoms with Gasteiger partial charge in [-0.3, -0.25) is 0 Å². The number of nitrogens with one attached hydrogen (secondary N) is 1. The van der Waals surface area contributed by atoms with Crippen molar-refractivity contribution < 1.29 is 13.2 Å². The van der Waals surface area contributed by atoms with Crippen LogP contribution in [0.4, 0.5) is 13.2 Å². The van der Waals surface area contributed by atoms with E-state index < -0.39 is 5.51 Å². The molecule has 16 heavy (non-hydrogen) atoms. The zero-order chi connectivity index (χ0) is 11.8. The van der Waals surface area contributed by atoms with Gasteiger partial charge >= 0.3 is 5.51 Å². The number of rotatable bonds is 2. The number of aromatic amines is 1. The summed E-state index contributed by atoms with van der Waals surface area (Å²) in [7, 11) is 0. The summed E-state index contributed by atoms with van der Waals surface area (Å²) in [6, 6.07) is 3.12. The molecule has 0 radical (unpaired) electrons. The van der Waals surface area contributed by atoms with E-state index in [1.165, 1.54) is 12.4 Å². The first-order valence-corrected chi connectivity index (χ1v) is 6.21. The van der Waals surface area contributed by atoms with E-state index >= 15 is 0 Å². The largest absolute Gasteiger partial charge is 0.446 e. The van der Waals surface area contributed by atoms with Crippen LogP contribution in [-0.2, 0) is 5.33 Å². The topological polar surface area (TPSA) is 28.7 Å². The third-order valence-electron chi connectivity index (χ3n) is 1.97. The molecule has 2 nitrogen and oxygen atoms in total. The van der Waals surface area contributed by atoms with Crippen LogP contribution in [0, 0.1) is 0 Å². The van der Waals surface area contributed by atoms with E-state index in [1.807, 2.05) is 0 Å². The SMILES string of the molecule is FC(F)(F)Sc1cc2nc[nH]c2cc1CBr. The summed E-state index contributed by atoms with van der Waals surface area (Å²) in [5.74, 6) is 0. The zero-order valence-corrected chi connectivity index (χ0v) is 10.2. The molecule has 0 unspecified atom stereocenters. The van der Waals surface area contributed by atoms with Gasteiger partial charge in [0.1, 0.15) is 0 Å². The van der Waals surface area contributed by atoms with E-state index in [0.29, 0.717) is 16.4 Å². The van der Waals surface area contributed by atoms with Crippen LogP contribution in [0.3, 0.4) is 0 Å². The van der Waals surface area contributed by atoms with E-state index in [0.717, 1.165) is 5.52 Å². The first-order valence-electron chi connectivity index (χ1n) is 4.27. The fraction of sp³-hybridized carbons (Fsp3) is 0.222. The molecule has 0 saturated heterocycles. The fourth-order valence-electron chi connectivity index (χ4n) is 1.33. The van der Waals surface area contributed by atoms with Gasteiger partial charge in [-0.25, -0.2) is 4.98 Å². The predicted molar refractivity (Wildman–Crippen MR) is 60.6 cm³/mol. The van der Waals surface area contributed by atoms with Gasteiger partial charge in [-0.15, -0.1) is 0 Å². The summed E-state index contributed by atoms with van der Waals surface area (Å²) in [5.41, 5.74) is -2.41. The van der Waals surface area contributed by atoms with Crippen molar-refractivity contribution in [2.24, 2.45) is 0 Å². The number of H-pyrrole nitrogens is 1. The van der Waals surface area contributed by atoms with E-state index in [-0.39, 0.29) is 16.7 Å². The number of halogens is 4. The summed E-state index contributed by atoms with van der Waals surface area (Å²) < 4.78 is 36.9. The third-order valence-corrected chi connectivity index (χ3v) is 3.41. The summed E-state index contributed by atoms with van der Waals surface area (Å²) >= 11 is 3.06. The standard InChI is InChI=1S/C9H6BrF3N2S/c10-3-5-1-6-7(15-4-14-6)2-8(5)16-9(11,12)13/h1-2,4H,3H2,(H,14,15). The number of nitrogens with zero attached hydrogens (tertiary/aromatic N) is 1. The van der Waals surface area contributed by atoms with Gasteiger partial charge in [0.25, 0.3) is 0 Å². The van der Waals surface area contributed by atoms with Crippen molar-refractivity contribution in [3.05, 3.63) is 24.0 Å². The van der Waals surface area contributed by atoms with E-state index in [1.54, 1.807) is 6.07 Å². The zero-order valence-electron chi connectivity index (χ0n) is 7.81. The Balaban J connectivity index is 2.48. The van der Waals surface area contributed by atoms with Gasteiger partial charge < -0.3 is 4.98 Å². The molecule has 1 heterocycles. The average molecular weight is 311 g/mol. The van der Waals surface area contributed by atoms with Gasteiger partial charge in [0.15, 0.2) is 0 Å². The van der Waals surface area contributed by atoms with Gasteiger partial charge in [0.2, 0.25) is 0 Å². The molecule has 0 fully saturated rings. The van der Waals surface area contributed by atoms with E-state index in [4.69, 9.17) is 0 Å². The van der Waals surface area contributed by atoms with Gasteiger partial charge in [0.05, 0.1) is 17.4 Å². The predicted octanol–water partition coefficient (Wildman–Crippen LogP) is 4.07. The number of alkyl halides is 4. The van der Waals surface area contributed by atoms with Crippen molar-refractivity contribution in [1.82, 2.24) is 9.97 Å². The number of hydrogen-bond donors (Lipinski definition) is 1. The number of fused-ring (bicyclic) bond motifs is 1. The van der Waals surface area contributed by atoms with Crippen LogP contribution in [0.25, 0.3) is 11.0 Å². The minimum atomic E-state index is -4.28. The summed E-state index contributed by atoms with van der Waals surface area (Å²) in [6.45, 7) is 0. The molecule has 0 amide bonds. The average Bonchev–Trinajstić information content (AvgIpc) is 2.60. The molecule has 1 aromatic carbocycles. The lowest BCUT2D eigenvalue weighted by molar-refractivity contribution is -0.0328. The minimum Gasteiger partial charge on any atom is -0.345 e. The number of thioether (sulfide) groups is 1. The number of aromatic nitrogens is 2. The number of benzene rings is 1. The molecule has 86 valence electrons. The Morgan fingerprint density at radius 1 is 1.38 bits per heavy atom. The Morgan fingerprint density at radius 2 is 2.12 bits per heavy atom. The first-order chi connectivity index (χ1) is 7.49. The van der Waals surface area contributed by atoms with Crippen LogP contribution in [0.1, 0.15) is 5.56 Å². The highest BCUT2D eigenvalue weighted by molar-refractivity contribution is 9.08. The molecule has 0 aliphatic heterocycles. The highest BCUT2D eigenvalue weighted by atomic mass is 79.9. The van der Waals surface area contributed by atoms with Gasteiger partial charge in [-0.05, 0) is 29.5 Å². The lowest BCUT2D eigenvalue weighted by Crippen LogP contribution is -2.00. The molecular weight excluding hydrogens is 305 g/mol. The molecule has 1 aromatic heterocycles. The molecule has 0 spiro atoms. The maximum atomic E-state index is 12.3. The number of imidazole rings is 1. The molecule has 2 rings (SSSR count). The second-order valence-electron chi connectivity index (χ2n) is 3.06. The van der Waals surface area contributed by atoms with E-state index in [2.05, 4.69) is 25.9 Å². The van der Waals surface area contributed by atoms with Crippen LogP contribution in [0.2, 0.25) is 0 Å². The van der Waals surface area contributed by atoms with Gasteiger partial charge in [-0.2, -0.15) is 13.2 Å². The second kappa shape index (κ2) is 4.29. The van der Waals surface area contributed by atoms with Crippen molar-refractivity contribution in [3.8, 4) is 0 Å². The normalized spacial score (nSPS) is 12.2. The molecule has 0 atom stereocenters. The Bertz CT molecular complexity index is 509. The van der Waals surface area contributed by atoms with Crippen molar-refractivity contribution in [3.63, 3.8) is 0 Å². The Labute approximate surface area is 102 Å². The minimum absolute atomic E-state index is 0.114. The maximum absolute atomic E-state index is 12.3. The molecule has 7 heteroatoms. The lowest BCUT2D eigenvalue weighted by atomic mass is 10.2. The van der Waals surface area contributed by atoms with Crippen molar-refractivity contribution in [2.45, 2.75) is 15.7 Å². The van der Waals surface area contributed by atoms with Crippen LogP contribution >= 0.6 is 27.7 Å². The number of hydrogen-bond acceptors (Lipinski definition) is 2. The monoisotopic (exact) mass is 310 g/mol. The molecule has 2 aromatic rings. The molecule has 1 N–H and O–H groups in total. The molecule has 0 saturated carbocycles. The molecular formula is C9H6BrF3N2S. The lowest BCUT2D eigenvalue weighted by Gasteiger charge is -2.09. The van der Waals surface area contributed by atoms with Crippen LogP contribution in [0.15, 0.2) is 23.4 Å².